The number of fused-ring (bicyclic) bond motifs is 1. The summed E-state index contributed by atoms with van der Waals surface area (Å²) < 4.78 is 5.94. The lowest BCUT2D eigenvalue weighted by atomic mass is 10.2. The lowest BCUT2D eigenvalue weighted by Crippen LogP contribution is -1.86. The average molecular weight is 246 g/mol. The Bertz CT molecular complexity index is 438. The summed E-state index contributed by atoms with van der Waals surface area (Å²) in [5, 5.41) is 1.41. The summed E-state index contributed by atoms with van der Waals surface area (Å²) in [4.78, 5) is 0. The van der Waals surface area contributed by atoms with Crippen LogP contribution in [0.25, 0.3) is 11.0 Å². The summed E-state index contributed by atoms with van der Waals surface area (Å²) in [6.07, 6.45) is 1.57. The highest BCUT2D eigenvalue weighted by Gasteiger charge is 2.08. The molecule has 0 aliphatic rings. The molecule has 0 saturated carbocycles. The molecular weight excluding hydrogens is 241 g/mol. The molecule has 0 aliphatic carbocycles. The fourth-order valence-corrected chi connectivity index (χ4v) is 1.92. The first-order chi connectivity index (χ1) is 5.70. The zero-order chi connectivity index (χ0) is 8.72. The molecule has 0 bridgehead atoms. The molecule has 1 heterocycles. The fraction of sp³-hybridized carbons (Fsp3) is 0. The molecule has 0 amide bonds. The van der Waals surface area contributed by atoms with Crippen LogP contribution in [-0.2, 0) is 0 Å². The van der Waals surface area contributed by atoms with Gasteiger partial charge in [-0.05, 0) is 28.1 Å². The van der Waals surface area contributed by atoms with E-state index in [1.807, 2.05) is 0 Å². The minimum atomic E-state index is 0.566. The number of halogens is 2. The Morgan fingerprint density at radius 1 is 1.50 bits per heavy atom. The van der Waals surface area contributed by atoms with Crippen molar-refractivity contribution < 1.29 is 4.42 Å². The molecule has 62 valence electrons. The summed E-state index contributed by atoms with van der Waals surface area (Å²) >= 11 is 9.20. The molecule has 2 nitrogen and oxygen atoms in total. The van der Waals surface area contributed by atoms with E-state index in [2.05, 4.69) is 15.9 Å². The second kappa shape index (κ2) is 2.68. The van der Waals surface area contributed by atoms with Gasteiger partial charge in [0.25, 0.3) is 0 Å². The zero-order valence-electron chi connectivity index (χ0n) is 5.97. The molecule has 4 heteroatoms. The molecule has 0 spiro atoms. The average Bonchev–Trinajstić information content (AvgIpc) is 2.48. The van der Waals surface area contributed by atoms with E-state index in [1.54, 1.807) is 18.4 Å². The Morgan fingerprint density at radius 2 is 2.25 bits per heavy atom. The molecule has 1 aromatic heterocycles. The van der Waals surface area contributed by atoms with Gasteiger partial charge >= 0.3 is 0 Å². The highest BCUT2D eigenvalue weighted by atomic mass is 79.9. The molecule has 0 radical (unpaired) electrons. The number of nitrogen functional groups attached to an aromatic ring is 1. The first-order valence-electron chi connectivity index (χ1n) is 3.31. The van der Waals surface area contributed by atoms with Crippen molar-refractivity contribution in [3.05, 3.63) is 27.9 Å². The van der Waals surface area contributed by atoms with Crippen molar-refractivity contribution in [1.82, 2.24) is 0 Å². The van der Waals surface area contributed by atoms with Gasteiger partial charge in [0.1, 0.15) is 0 Å². The quantitative estimate of drug-likeness (QED) is 0.723. The fourth-order valence-electron chi connectivity index (χ4n) is 1.09. The molecule has 2 N–H and O–H groups in total. The van der Waals surface area contributed by atoms with Gasteiger partial charge in [-0.3, -0.25) is 0 Å². The van der Waals surface area contributed by atoms with Crippen molar-refractivity contribution in [2.75, 3.05) is 5.73 Å². The third-order valence-electron chi connectivity index (χ3n) is 1.68. The standard InChI is InChI=1S/C8H5BrClNO/c9-5-3-6(10)8-4(7(5)11)1-2-12-8/h1-3H,11H2. The van der Waals surface area contributed by atoms with Crippen molar-refractivity contribution in [1.29, 1.82) is 0 Å². The SMILES string of the molecule is Nc1c(Br)cc(Cl)c2occc12. The monoisotopic (exact) mass is 245 g/mol. The normalized spacial score (nSPS) is 10.8. The number of rotatable bonds is 0. The largest absolute Gasteiger partial charge is 0.463 e. The lowest BCUT2D eigenvalue weighted by molar-refractivity contribution is 0.616. The van der Waals surface area contributed by atoms with E-state index >= 15 is 0 Å². The highest BCUT2D eigenvalue weighted by Crippen LogP contribution is 2.34. The second-order valence-electron chi connectivity index (χ2n) is 2.42. The van der Waals surface area contributed by atoms with Gasteiger partial charge in [-0.25, -0.2) is 0 Å². The van der Waals surface area contributed by atoms with Crippen LogP contribution in [0.2, 0.25) is 5.02 Å². The molecule has 0 atom stereocenters. The minimum Gasteiger partial charge on any atom is -0.463 e. The van der Waals surface area contributed by atoms with Crippen molar-refractivity contribution >= 4 is 44.2 Å². The van der Waals surface area contributed by atoms with Crippen molar-refractivity contribution in [3.8, 4) is 0 Å². The van der Waals surface area contributed by atoms with Gasteiger partial charge in [-0.1, -0.05) is 11.6 Å². The van der Waals surface area contributed by atoms with E-state index in [1.165, 1.54) is 0 Å². The van der Waals surface area contributed by atoms with Gasteiger partial charge in [0.05, 0.1) is 17.0 Å². The Labute approximate surface area is 82.4 Å². The van der Waals surface area contributed by atoms with E-state index in [0.29, 0.717) is 16.3 Å². The topological polar surface area (TPSA) is 39.2 Å². The van der Waals surface area contributed by atoms with Gasteiger partial charge in [0, 0.05) is 9.86 Å². The predicted octanol–water partition coefficient (Wildman–Crippen LogP) is 3.43. The summed E-state index contributed by atoms with van der Waals surface area (Å²) in [7, 11) is 0. The van der Waals surface area contributed by atoms with Gasteiger partial charge in [0.15, 0.2) is 5.58 Å². The van der Waals surface area contributed by atoms with Crippen LogP contribution in [-0.4, -0.2) is 0 Å². The molecule has 0 aliphatic heterocycles. The molecular formula is C8H5BrClNO. The van der Waals surface area contributed by atoms with Crippen molar-refractivity contribution in [3.63, 3.8) is 0 Å². The number of hydrogen-bond acceptors (Lipinski definition) is 2. The molecule has 0 unspecified atom stereocenters. The van der Waals surface area contributed by atoms with Crippen LogP contribution in [0.15, 0.2) is 27.3 Å². The Hall–Kier alpha value is -0.670. The van der Waals surface area contributed by atoms with E-state index in [-0.39, 0.29) is 0 Å². The first kappa shape index (κ1) is 7.95. The van der Waals surface area contributed by atoms with Crippen LogP contribution in [0.5, 0.6) is 0 Å². The third kappa shape index (κ3) is 1.01. The predicted molar refractivity (Wildman–Crippen MR) is 53.3 cm³/mol. The van der Waals surface area contributed by atoms with E-state index in [0.717, 1.165) is 9.86 Å². The van der Waals surface area contributed by atoms with E-state index < -0.39 is 0 Å². The third-order valence-corrected chi connectivity index (χ3v) is 2.62. The molecule has 2 rings (SSSR count). The molecule has 12 heavy (non-hydrogen) atoms. The van der Waals surface area contributed by atoms with Crippen LogP contribution in [0.1, 0.15) is 0 Å². The van der Waals surface area contributed by atoms with Crippen LogP contribution < -0.4 is 5.73 Å². The Balaban J connectivity index is 2.97. The maximum absolute atomic E-state index is 5.90. The first-order valence-corrected chi connectivity index (χ1v) is 4.48. The number of anilines is 1. The van der Waals surface area contributed by atoms with Crippen molar-refractivity contribution in [2.45, 2.75) is 0 Å². The maximum Gasteiger partial charge on any atom is 0.154 e. The Morgan fingerprint density at radius 3 is 3.00 bits per heavy atom. The lowest BCUT2D eigenvalue weighted by Gasteiger charge is -2.00. The molecule has 2 aromatic rings. The number of benzene rings is 1. The van der Waals surface area contributed by atoms with Gasteiger partial charge in [-0.2, -0.15) is 0 Å². The zero-order valence-corrected chi connectivity index (χ0v) is 8.32. The molecule has 0 saturated heterocycles. The number of furan rings is 1. The van der Waals surface area contributed by atoms with Gasteiger partial charge < -0.3 is 10.2 Å². The summed E-state index contributed by atoms with van der Waals surface area (Å²) in [6.45, 7) is 0. The van der Waals surface area contributed by atoms with Gasteiger partial charge in [-0.15, -0.1) is 0 Å². The van der Waals surface area contributed by atoms with Crippen LogP contribution in [0.4, 0.5) is 5.69 Å². The molecule has 1 aromatic carbocycles. The van der Waals surface area contributed by atoms with E-state index in [9.17, 15) is 0 Å². The van der Waals surface area contributed by atoms with Gasteiger partial charge in [0.2, 0.25) is 0 Å². The minimum absolute atomic E-state index is 0.566. The highest BCUT2D eigenvalue weighted by molar-refractivity contribution is 9.10. The smallest absolute Gasteiger partial charge is 0.154 e. The van der Waals surface area contributed by atoms with Crippen LogP contribution >= 0.6 is 27.5 Å². The summed E-state index contributed by atoms with van der Waals surface area (Å²) in [6, 6.07) is 3.52. The Kier molecular flexibility index (Phi) is 1.77. The van der Waals surface area contributed by atoms with Crippen molar-refractivity contribution in [2.24, 2.45) is 0 Å². The molecule has 0 fully saturated rings. The second-order valence-corrected chi connectivity index (χ2v) is 3.68. The van der Waals surface area contributed by atoms with E-state index in [4.69, 9.17) is 21.8 Å². The van der Waals surface area contributed by atoms with Crippen LogP contribution in [0, 0.1) is 0 Å². The van der Waals surface area contributed by atoms with Crippen LogP contribution in [0.3, 0.4) is 0 Å². The summed E-state index contributed by atoms with van der Waals surface area (Å²) in [5.41, 5.74) is 7.06. The summed E-state index contributed by atoms with van der Waals surface area (Å²) in [5.74, 6) is 0. The number of nitrogens with two attached hydrogens (primary N) is 1. The maximum atomic E-state index is 5.90. The number of hydrogen-bond donors (Lipinski definition) is 1.